The molecular formula is C11H23NO2. The fraction of sp³-hybridized carbons (Fsp3) is 0.909. The van der Waals surface area contributed by atoms with Crippen molar-refractivity contribution in [1.29, 1.82) is 0 Å². The van der Waals surface area contributed by atoms with Crippen LogP contribution in [0, 0.1) is 10.8 Å². The average Bonchev–Trinajstić information content (AvgIpc) is 2.14. The number of aliphatic hydroxyl groups is 1. The van der Waals surface area contributed by atoms with E-state index in [2.05, 4.69) is 5.32 Å². The van der Waals surface area contributed by atoms with Crippen LogP contribution < -0.4 is 5.32 Å². The van der Waals surface area contributed by atoms with Crippen LogP contribution in [0.15, 0.2) is 0 Å². The highest BCUT2D eigenvalue weighted by Gasteiger charge is 2.27. The fourth-order valence-electron chi connectivity index (χ4n) is 0.775. The Morgan fingerprint density at radius 2 is 1.79 bits per heavy atom. The smallest absolute Gasteiger partial charge is 0.225 e. The van der Waals surface area contributed by atoms with Crippen LogP contribution in [-0.4, -0.2) is 24.2 Å². The van der Waals surface area contributed by atoms with Gasteiger partial charge in [-0.05, 0) is 6.42 Å². The Hall–Kier alpha value is -0.570. The van der Waals surface area contributed by atoms with Crippen LogP contribution in [0.5, 0.6) is 0 Å². The first kappa shape index (κ1) is 13.4. The number of nitrogens with one attached hydrogen (secondary N) is 1. The molecular weight excluding hydrogens is 178 g/mol. The SMILES string of the molecule is CCC(C)(C)C(=O)NCC(C)(C)CO. The minimum atomic E-state index is -0.314. The van der Waals surface area contributed by atoms with Crippen molar-refractivity contribution in [2.45, 2.75) is 41.0 Å². The van der Waals surface area contributed by atoms with Crippen LogP contribution in [0.4, 0.5) is 0 Å². The molecule has 0 fully saturated rings. The molecule has 0 aromatic heterocycles. The highest BCUT2D eigenvalue weighted by atomic mass is 16.3. The zero-order valence-corrected chi connectivity index (χ0v) is 9.98. The largest absolute Gasteiger partial charge is 0.396 e. The van der Waals surface area contributed by atoms with E-state index in [1.165, 1.54) is 0 Å². The van der Waals surface area contributed by atoms with Crippen molar-refractivity contribution in [1.82, 2.24) is 5.32 Å². The van der Waals surface area contributed by atoms with Gasteiger partial charge in [0.05, 0.1) is 0 Å². The molecule has 3 nitrogen and oxygen atoms in total. The summed E-state index contributed by atoms with van der Waals surface area (Å²) in [5, 5.41) is 11.9. The summed E-state index contributed by atoms with van der Waals surface area (Å²) in [6, 6.07) is 0. The van der Waals surface area contributed by atoms with Crippen molar-refractivity contribution in [2.24, 2.45) is 10.8 Å². The molecule has 1 amide bonds. The van der Waals surface area contributed by atoms with E-state index in [0.717, 1.165) is 6.42 Å². The molecule has 0 radical (unpaired) electrons. The lowest BCUT2D eigenvalue weighted by Gasteiger charge is -2.26. The lowest BCUT2D eigenvalue weighted by molar-refractivity contribution is -0.130. The third-order valence-corrected chi connectivity index (χ3v) is 2.65. The highest BCUT2D eigenvalue weighted by molar-refractivity contribution is 5.81. The average molecular weight is 201 g/mol. The Kier molecular flexibility index (Phi) is 4.59. The standard InChI is InChI=1S/C11H23NO2/c1-6-11(4,5)9(14)12-7-10(2,3)8-13/h13H,6-8H2,1-5H3,(H,12,14). The summed E-state index contributed by atoms with van der Waals surface area (Å²) in [6.45, 7) is 10.3. The summed E-state index contributed by atoms with van der Waals surface area (Å²) >= 11 is 0. The van der Waals surface area contributed by atoms with Crippen LogP contribution in [0.1, 0.15) is 41.0 Å². The number of hydrogen-bond donors (Lipinski definition) is 2. The summed E-state index contributed by atoms with van der Waals surface area (Å²) in [7, 11) is 0. The Labute approximate surface area is 86.9 Å². The Morgan fingerprint density at radius 1 is 1.29 bits per heavy atom. The van der Waals surface area contributed by atoms with Crippen LogP contribution in [0.2, 0.25) is 0 Å². The zero-order valence-electron chi connectivity index (χ0n) is 9.98. The lowest BCUT2D eigenvalue weighted by Crippen LogP contribution is -2.42. The molecule has 2 N–H and O–H groups in total. The topological polar surface area (TPSA) is 49.3 Å². The molecule has 0 saturated carbocycles. The second-order valence-electron chi connectivity index (χ2n) is 5.24. The first-order chi connectivity index (χ1) is 6.25. The quantitative estimate of drug-likeness (QED) is 0.709. The van der Waals surface area contributed by atoms with Gasteiger partial charge in [-0.1, -0.05) is 34.6 Å². The highest BCUT2D eigenvalue weighted by Crippen LogP contribution is 2.20. The summed E-state index contributed by atoms with van der Waals surface area (Å²) < 4.78 is 0. The first-order valence-corrected chi connectivity index (χ1v) is 5.14. The summed E-state index contributed by atoms with van der Waals surface area (Å²) in [4.78, 5) is 11.7. The molecule has 0 unspecified atom stereocenters. The molecule has 0 aromatic rings. The van der Waals surface area contributed by atoms with E-state index in [1.807, 2.05) is 34.6 Å². The number of hydrogen-bond acceptors (Lipinski definition) is 2. The van der Waals surface area contributed by atoms with E-state index >= 15 is 0 Å². The summed E-state index contributed by atoms with van der Waals surface area (Å²) in [6.07, 6.45) is 0.818. The number of carbonyl (C=O) groups excluding carboxylic acids is 1. The van der Waals surface area contributed by atoms with Crippen LogP contribution in [-0.2, 0) is 4.79 Å². The molecule has 0 aliphatic heterocycles. The van der Waals surface area contributed by atoms with Gasteiger partial charge in [-0.3, -0.25) is 4.79 Å². The molecule has 0 aromatic carbocycles. The van der Waals surface area contributed by atoms with Crippen molar-refractivity contribution in [3.63, 3.8) is 0 Å². The molecule has 0 aliphatic carbocycles. The predicted molar refractivity (Wildman–Crippen MR) is 57.9 cm³/mol. The fourth-order valence-corrected chi connectivity index (χ4v) is 0.775. The van der Waals surface area contributed by atoms with Gasteiger partial charge in [0.15, 0.2) is 0 Å². The molecule has 0 rings (SSSR count). The molecule has 0 bridgehead atoms. The maximum absolute atomic E-state index is 11.7. The number of amides is 1. The normalized spacial score (nSPS) is 12.7. The van der Waals surface area contributed by atoms with Gasteiger partial charge in [0, 0.05) is 24.0 Å². The third-order valence-electron chi connectivity index (χ3n) is 2.65. The predicted octanol–water partition coefficient (Wildman–Crippen LogP) is 1.56. The zero-order chi connectivity index (χ0) is 11.4. The van der Waals surface area contributed by atoms with Gasteiger partial charge >= 0.3 is 0 Å². The van der Waals surface area contributed by atoms with E-state index in [9.17, 15) is 4.79 Å². The van der Waals surface area contributed by atoms with Crippen molar-refractivity contribution in [3.05, 3.63) is 0 Å². The van der Waals surface area contributed by atoms with Gasteiger partial charge in [-0.15, -0.1) is 0 Å². The molecule has 0 heterocycles. The van der Waals surface area contributed by atoms with Crippen molar-refractivity contribution >= 4 is 5.91 Å². The van der Waals surface area contributed by atoms with Crippen LogP contribution in [0.25, 0.3) is 0 Å². The second-order valence-corrected chi connectivity index (χ2v) is 5.24. The minimum Gasteiger partial charge on any atom is -0.396 e. The molecule has 0 saturated heterocycles. The van der Waals surface area contributed by atoms with Gasteiger partial charge in [-0.25, -0.2) is 0 Å². The van der Waals surface area contributed by atoms with E-state index < -0.39 is 0 Å². The molecule has 0 atom stereocenters. The third kappa shape index (κ3) is 4.09. The van der Waals surface area contributed by atoms with Gasteiger partial charge in [-0.2, -0.15) is 0 Å². The van der Waals surface area contributed by atoms with Crippen LogP contribution in [0.3, 0.4) is 0 Å². The van der Waals surface area contributed by atoms with E-state index in [-0.39, 0.29) is 23.3 Å². The Bertz CT molecular complexity index is 197. The summed E-state index contributed by atoms with van der Waals surface area (Å²) in [5.74, 6) is 0.0570. The minimum absolute atomic E-state index is 0.0570. The Morgan fingerprint density at radius 3 is 2.14 bits per heavy atom. The number of carbonyl (C=O) groups is 1. The second kappa shape index (κ2) is 4.78. The van der Waals surface area contributed by atoms with Crippen molar-refractivity contribution in [3.8, 4) is 0 Å². The van der Waals surface area contributed by atoms with Crippen LogP contribution >= 0.6 is 0 Å². The van der Waals surface area contributed by atoms with Crippen molar-refractivity contribution in [2.75, 3.05) is 13.2 Å². The van der Waals surface area contributed by atoms with Gasteiger partial charge in [0.2, 0.25) is 5.91 Å². The molecule has 14 heavy (non-hydrogen) atoms. The van der Waals surface area contributed by atoms with E-state index in [0.29, 0.717) is 6.54 Å². The maximum Gasteiger partial charge on any atom is 0.225 e. The van der Waals surface area contributed by atoms with Gasteiger partial charge in [0.1, 0.15) is 0 Å². The monoisotopic (exact) mass is 201 g/mol. The van der Waals surface area contributed by atoms with Crippen molar-refractivity contribution < 1.29 is 9.90 Å². The van der Waals surface area contributed by atoms with Gasteiger partial charge in [0.25, 0.3) is 0 Å². The molecule has 0 spiro atoms. The maximum atomic E-state index is 11.7. The van der Waals surface area contributed by atoms with E-state index in [1.54, 1.807) is 0 Å². The van der Waals surface area contributed by atoms with E-state index in [4.69, 9.17) is 5.11 Å². The molecule has 0 aliphatic rings. The Balaban J connectivity index is 4.10. The number of aliphatic hydroxyl groups excluding tert-OH is 1. The lowest BCUT2D eigenvalue weighted by atomic mass is 9.88. The first-order valence-electron chi connectivity index (χ1n) is 5.14. The summed E-state index contributed by atoms with van der Waals surface area (Å²) in [5.41, 5.74) is -0.551. The van der Waals surface area contributed by atoms with Gasteiger partial charge < -0.3 is 10.4 Å². The molecule has 84 valence electrons. The number of rotatable bonds is 5. The molecule has 3 heteroatoms.